The van der Waals surface area contributed by atoms with Crippen LogP contribution in [0.25, 0.3) is 0 Å². The van der Waals surface area contributed by atoms with Crippen molar-refractivity contribution >= 4 is 27.3 Å². The van der Waals surface area contributed by atoms with Gasteiger partial charge in [-0.3, -0.25) is 4.79 Å². The molecule has 1 N–H and O–H groups in total. The lowest BCUT2D eigenvalue weighted by atomic mass is 10.1. The van der Waals surface area contributed by atoms with Gasteiger partial charge in [0.25, 0.3) is 0 Å². The van der Waals surface area contributed by atoms with Crippen molar-refractivity contribution < 1.29 is 13.2 Å². The average molecular weight is 345 g/mol. The number of carbonyl (C=O) groups is 1. The number of likely N-dealkylation sites (tertiary alicyclic amines) is 1. The Labute approximate surface area is 136 Å². The van der Waals surface area contributed by atoms with Gasteiger partial charge in [0.15, 0.2) is 0 Å². The van der Waals surface area contributed by atoms with E-state index in [9.17, 15) is 13.2 Å². The third-order valence-electron chi connectivity index (χ3n) is 3.89. The molecule has 124 valence electrons. The van der Waals surface area contributed by atoms with E-state index in [0.717, 1.165) is 17.7 Å². The molecule has 1 aromatic heterocycles. The first-order chi connectivity index (χ1) is 10.4. The highest BCUT2D eigenvalue weighted by Gasteiger charge is 2.26. The molecule has 5 nitrogen and oxygen atoms in total. The van der Waals surface area contributed by atoms with Gasteiger partial charge in [-0.05, 0) is 38.3 Å². The number of hydrogen-bond donors (Lipinski definition) is 1. The summed E-state index contributed by atoms with van der Waals surface area (Å²) >= 11 is 1.28. The SMILES string of the molecule is CCCCC(=O)N1CCC(NS(=O)(=O)c2ccc(C)s2)CC1. The smallest absolute Gasteiger partial charge is 0.250 e. The zero-order valence-electron chi connectivity index (χ0n) is 13.2. The van der Waals surface area contributed by atoms with Crippen molar-refractivity contribution in [2.24, 2.45) is 0 Å². The predicted molar refractivity (Wildman–Crippen MR) is 88.5 cm³/mol. The van der Waals surface area contributed by atoms with Gasteiger partial charge in [-0.1, -0.05) is 13.3 Å². The van der Waals surface area contributed by atoms with Crippen LogP contribution in [0.2, 0.25) is 0 Å². The lowest BCUT2D eigenvalue weighted by Crippen LogP contribution is -2.46. The normalized spacial score (nSPS) is 16.9. The summed E-state index contributed by atoms with van der Waals surface area (Å²) in [6.45, 7) is 5.24. The van der Waals surface area contributed by atoms with Gasteiger partial charge in [0.1, 0.15) is 4.21 Å². The Balaban J connectivity index is 1.86. The predicted octanol–water partition coefficient (Wildman–Crippen LogP) is 2.52. The molecule has 2 rings (SSSR count). The molecule has 1 aliphatic rings. The van der Waals surface area contributed by atoms with Crippen molar-refractivity contribution in [3.63, 3.8) is 0 Å². The molecular weight excluding hydrogens is 320 g/mol. The van der Waals surface area contributed by atoms with E-state index in [1.54, 1.807) is 6.07 Å². The fourth-order valence-electron chi connectivity index (χ4n) is 2.57. The highest BCUT2D eigenvalue weighted by Crippen LogP contribution is 2.22. The van der Waals surface area contributed by atoms with Crippen molar-refractivity contribution in [3.05, 3.63) is 17.0 Å². The lowest BCUT2D eigenvalue weighted by molar-refractivity contribution is -0.132. The van der Waals surface area contributed by atoms with E-state index in [2.05, 4.69) is 11.6 Å². The maximum Gasteiger partial charge on any atom is 0.250 e. The number of carbonyl (C=O) groups excluding carboxylic acids is 1. The van der Waals surface area contributed by atoms with Crippen LogP contribution in [0.5, 0.6) is 0 Å². The standard InChI is InChI=1S/C15H24N2O3S2/c1-3-4-5-14(18)17-10-8-13(9-11-17)16-22(19,20)15-7-6-12(2)21-15/h6-7,13,16H,3-5,8-11H2,1-2H3. The number of thiophene rings is 1. The van der Waals surface area contributed by atoms with Crippen LogP contribution in [0.4, 0.5) is 0 Å². The fourth-order valence-corrected chi connectivity index (χ4v) is 5.17. The largest absolute Gasteiger partial charge is 0.343 e. The first kappa shape index (κ1) is 17.4. The zero-order chi connectivity index (χ0) is 16.2. The highest BCUT2D eigenvalue weighted by molar-refractivity contribution is 7.91. The molecule has 0 bridgehead atoms. The highest BCUT2D eigenvalue weighted by atomic mass is 32.2. The van der Waals surface area contributed by atoms with E-state index >= 15 is 0 Å². The average Bonchev–Trinajstić information content (AvgIpc) is 2.92. The van der Waals surface area contributed by atoms with Crippen LogP contribution in [0, 0.1) is 6.92 Å². The summed E-state index contributed by atoms with van der Waals surface area (Å²) in [4.78, 5) is 14.8. The van der Waals surface area contributed by atoms with Gasteiger partial charge >= 0.3 is 0 Å². The van der Waals surface area contributed by atoms with Gasteiger partial charge in [0.2, 0.25) is 15.9 Å². The van der Waals surface area contributed by atoms with E-state index < -0.39 is 10.0 Å². The second-order valence-corrected chi connectivity index (χ2v) is 8.97. The van der Waals surface area contributed by atoms with Crippen molar-refractivity contribution in [2.45, 2.75) is 56.2 Å². The summed E-state index contributed by atoms with van der Waals surface area (Å²) in [5, 5.41) is 0. The van der Waals surface area contributed by atoms with E-state index in [1.165, 1.54) is 11.3 Å². The Morgan fingerprint density at radius 2 is 2.05 bits per heavy atom. The number of sulfonamides is 1. The summed E-state index contributed by atoms with van der Waals surface area (Å²) in [5.41, 5.74) is 0. The number of hydrogen-bond acceptors (Lipinski definition) is 4. The Bertz CT molecular complexity index is 602. The maximum atomic E-state index is 12.3. The summed E-state index contributed by atoms with van der Waals surface area (Å²) in [6.07, 6.45) is 3.90. The summed E-state index contributed by atoms with van der Waals surface area (Å²) in [7, 11) is -3.43. The fraction of sp³-hybridized carbons (Fsp3) is 0.667. The van der Waals surface area contributed by atoms with Gasteiger partial charge < -0.3 is 4.90 Å². The zero-order valence-corrected chi connectivity index (χ0v) is 14.8. The molecule has 0 spiro atoms. The van der Waals surface area contributed by atoms with E-state index in [0.29, 0.717) is 36.6 Å². The van der Waals surface area contributed by atoms with Crippen LogP contribution in [0.15, 0.2) is 16.3 Å². The molecule has 0 aromatic carbocycles. The number of rotatable bonds is 6. The number of nitrogens with one attached hydrogen (secondary N) is 1. The molecule has 1 aliphatic heterocycles. The second-order valence-electron chi connectivity index (χ2n) is 5.74. The van der Waals surface area contributed by atoms with Gasteiger partial charge in [0, 0.05) is 30.4 Å². The number of aryl methyl sites for hydroxylation is 1. The van der Waals surface area contributed by atoms with Crippen LogP contribution in [-0.2, 0) is 14.8 Å². The monoisotopic (exact) mass is 344 g/mol. The number of piperidine rings is 1. The van der Waals surface area contributed by atoms with Gasteiger partial charge in [0.05, 0.1) is 0 Å². The second kappa shape index (κ2) is 7.57. The third-order valence-corrected chi connectivity index (χ3v) is 6.91. The number of nitrogens with zero attached hydrogens (tertiary/aromatic N) is 1. The topological polar surface area (TPSA) is 66.5 Å². The van der Waals surface area contributed by atoms with Crippen LogP contribution < -0.4 is 4.72 Å². The first-order valence-corrected chi connectivity index (χ1v) is 10.1. The van der Waals surface area contributed by atoms with Gasteiger partial charge in [-0.2, -0.15) is 0 Å². The molecule has 0 radical (unpaired) electrons. The number of unbranched alkanes of at least 4 members (excludes halogenated alkanes) is 1. The molecule has 0 atom stereocenters. The molecule has 2 heterocycles. The minimum atomic E-state index is -3.43. The third kappa shape index (κ3) is 4.54. The molecule has 22 heavy (non-hydrogen) atoms. The molecule has 7 heteroatoms. The molecule has 1 amide bonds. The van der Waals surface area contributed by atoms with Crippen LogP contribution in [0.3, 0.4) is 0 Å². The Kier molecular flexibility index (Phi) is 6.00. The van der Waals surface area contributed by atoms with Crippen molar-refractivity contribution in [2.75, 3.05) is 13.1 Å². The molecule has 1 fully saturated rings. The molecule has 1 aromatic rings. The van der Waals surface area contributed by atoms with Gasteiger partial charge in [-0.15, -0.1) is 11.3 Å². The van der Waals surface area contributed by atoms with Crippen LogP contribution in [0.1, 0.15) is 43.9 Å². The van der Waals surface area contributed by atoms with Gasteiger partial charge in [-0.25, -0.2) is 13.1 Å². The van der Waals surface area contributed by atoms with Crippen molar-refractivity contribution in [1.82, 2.24) is 9.62 Å². The molecule has 0 aliphatic carbocycles. The summed E-state index contributed by atoms with van der Waals surface area (Å²) in [6, 6.07) is 3.38. The molecule has 0 unspecified atom stereocenters. The van der Waals surface area contributed by atoms with E-state index in [1.807, 2.05) is 17.9 Å². The Hall–Kier alpha value is -0.920. The quantitative estimate of drug-likeness (QED) is 0.862. The Morgan fingerprint density at radius 3 is 2.59 bits per heavy atom. The van der Waals surface area contributed by atoms with E-state index in [-0.39, 0.29) is 11.9 Å². The van der Waals surface area contributed by atoms with Crippen LogP contribution in [-0.4, -0.2) is 38.4 Å². The minimum absolute atomic E-state index is 0.0809. The Morgan fingerprint density at radius 1 is 1.36 bits per heavy atom. The summed E-state index contributed by atoms with van der Waals surface area (Å²) in [5.74, 6) is 0.192. The molecule has 0 saturated carbocycles. The summed E-state index contributed by atoms with van der Waals surface area (Å²) < 4.78 is 27.7. The van der Waals surface area contributed by atoms with Crippen molar-refractivity contribution in [3.8, 4) is 0 Å². The molecular formula is C15H24N2O3S2. The number of amides is 1. The maximum absolute atomic E-state index is 12.3. The molecule has 1 saturated heterocycles. The first-order valence-electron chi connectivity index (χ1n) is 7.79. The minimum Gasteiger partial charge on any atom is -0.343 e. The van der Waals surface area contributed by atoms with E-state index in [4.69, 9.17) is 0 Å². The van der Waals surface area contributed by atoms with Crippen LogP contribution >= 0.6 is 11.3 Å². The lowest BCUT2D eigenvalue weighted by Gasteiger charge is -2.32. The van der Waals surface area contributed by atoms with Crippen molar-refractivity contribution in [1.29, 1.82) is 0 Å².